The predicted molar refractivity (Wildman–Crippen MR) is 232 cm³/mol. The van der Waals surface area contributed by atoms with Gasteiger partial charge in [-0.3, -0.25) is 0 Å². The summed E-state index contributed by atoms with van der Waals surface area (Å²) in [6, 6.07) is 25.2. The molecule has 0 spiro atoms. The lowest BCUT2D eigenvalue weighted by molar-refractivity contribution is 0.716. The van der Waals surface area contributed by atoms with E-state index < -0.39 is 0 Å². The molecule has 0 radical (unpaired) electrons. The van der Waals surface area contributed by atoms with E-state index in [0.717, 1.165) is 32.1 Å². The van der Waals surface area contributed by atoms with E-state index in [1.165, 1.54) is 66.3 Å². The van der Waals surface area contributed by atoms with E-state index in [-0.39, 0.29) is 6.04 Å². The molecule has 0 heterocycles. The summed E-state index contributed by atoms with van der Waals surface area (Å²) in [5, 5.41) is 5.34. The minimum atomic E-state index is 0.259. The van der Waals surface area contributed by atoms with Gasteiger partial charge in [-0.05, 0) is 106 Å². The number of allylic oxidation sites excluding steroid dienone is 10. The van der Waals surface area contributed by atoms with Crippen LogP contribution in [0.25, 0.3) is 32.7 Å². The van der Waals surface area contributed by atoms with Gasteiger partial charge in [0.25, 0.3) is 0 Å². The van der Waals surface area contributed by atoms with Crippen molar-refractivity contribution in [1.82, 2.24) is 0 Å². The third-order valence-corrected chi connectivity index (χ3v) is 9.49. The highest BCUT2D eigenvalue weighted by molar-refractivity contribution is 6.17. The fraction of sp³-hybridized carbons (Fsp3) is 0.360. The maximum atomic E-state index is 2.67. The molecular formula is C50H65N. The molecule has 4 aromatic carbocycles. The third kappa shape index (κ3) is 9.12. The molecule has 0 fully saturated rings. The molecule has 1 unspecified atom stereocenters. The number of aryl methyl sites for hydroxylation is 1. The summed E-state index contributed by atoms with van der Waals surface area (Å²) < 4.78 is 0. The van der Waals surface area contributed by atoms with Crippen molar-refractivity contribution in [2.75, 3.05) is 4.90 Å². The lowest BCUT2D eigenvalue weighted by Crippen LogP contribution is -2.35. The van der Waals surface area contributed by atoms with Crippen LogP contribution in [0.1, 0.15) is 118 Å². The molecule has 0 aromatic heterocycles. The van der Waals surface area contributed by atoms with Gasteiger partial charge in [0.1, 0.15) is 0 Å². The zero-order valence-corrected chi connectivity index (χ0v) is 33.7. The molecule has 0 bridgehead atoms. The van der Waals surface area contributed by atoms with Crippen molar-refractivity contribution in [3.8, 4) is 11.1 Å². The van der Waals surface area contributed by atoms with Crippen LogP contribution < -0.4 is 4.90 Å². The Labute approximate surface area is 311 Å². The molecule has 1 nitrogen and oxygen atoms in total. The summed E-state index contributed by atoms with van der Waals surface area (Å²) in [6.07, 6.45) is 26.4. The summed E-state index contributed by atoms with van der Waals surface area (Å²) in [5.41, 5.74) is 11.1. The van der Waals surface area contributed by atoms with E-state index in [2.05, 4.69) is 147 Å². The number of anilines is 1. The minimum absolute atomic E-state index is 0.259. The molecule has 7 rings (SSSR count). The summed E-state index contributed by atoms with van der Waals surface area (Å²) in [4.78, 5) is 2.67. The second-order valence-electron chi connectivity index (χ2n) is 12.5. The lowest BCUT2D eigenvalue weighted by atomic mass is 9.83. The standard InChI is InChI=1S/C42H41N.4C2H6/c1-29(2)35-23-14-24-40(42(35)41-30(3)36-19-10-11-20-37(36)38-21-12-13-22-39(38)41)43(33-17-8-5-9-18-33)34-27-25-32(26-28-34)31-15-6-4-7-16-31;4*1-2/h4-6,8,10-15,17,19-27,29,34H,7,9,16,18,28H2,1-3H3;4*1-2H3. The van der Waals surface area contributed by atoms with Gasteiger partial charge in [-0.1, -0.05) is 179 Å². The summed E-state index contributed by atoms with van der Waals surface area (Å²) in [5.74, 6) is 0.390. The van der Waals surface area contributed by atoms with Crippen LogP contribution in [0.3, 0.4) is 0 Å². The average molecular weight is 680 g/mol. The monoisotopic (exact) mass is 680 g/mol. The zero-order chi connectivity index (χ0) is 37.3. The van der Waals surface area contributed by atoms with E-state index in [9.17, 15) is 0 Å². The van der Waals surface area contributed by atoms with Crippen molar-refractivity contribution in [2.45, 2.75) is 120 Å². The highest BCUT2D eigenvalue weighted by atomic mass is 15.2. The summed E-state index contributed by atoms with van der Waals surface area (Å²) in [6.45, 7) is 23.0. The summed E-state index contributed by atoms with van der Waals surface area (Å²) in [7, 11) is 0. The first-order valence-electron chi connectivity index (χ1n) is 20.0. The quantitative estimate of drug-likeness (QED) is 0.183. The molecule has 0 saturated carbocycles. The molecule has 0 amide bonds. The van der Waals surface area contributed by atoms with E-state index in [0.29, 0.717) is 5.92 Å². The van der Waals surface area contributed by atoms with Gasteiger partial charge in [0, 0.05) is 16.9 Å². The van der Waals surface area contributed by atoms with Crippen molar-refractivity contribution in [3.05, 3.63) is 149 Å². The van der Waals surface area contributed by atoms with Gasteiger partial charge in [0.2, 0.25) is 0 Å². The number of hydrogen-bond donors (Lipinski definition) is 0. The molecule has 3 aliphatic carbocycles. The van der Waals surface area contributed by atoms with Crippen LogP contribution in [0.4, 0.5) is 5.69 Å². The van der Waals surface area contributed by atoms with Gasteiger partial charge in [0.05, 0.1) is 6.04 Å². The Morgan fingerprint density at radius 3 is 1.76 bits per heavy atom. The fourth-order valence-electron chi connectivity index (χ4n) is 7.37. The van der Waals surface area contributed by atoms with Crippen LogP contribution in [-0.4, -0.2) is 6.04 Å². The number of benzene rings is 4. The molecule has 0 N–H and O–H groups in total. The number of fused-ring (bicyclic) bond motifs is 3. The van der Waals surface area contributed by atoms with Crippen LogP contribution in [0.15, 0.2) is 138 Å². The molecule has 0 saturated heterocycles. The number of hydrogen-bond acceptors (Lipinski definition) is 1. The lowest BCUT2D eigenvalue weighted by Gasteiger charge is -2.38. The normalized spacial score (nSPS) is 15.8. The van der Waals surface area contributed by atoms with Crippen LogP contribution in [0, 0.1) is 6.92 Å². The Morgan fingerprint density at radius 1 is 0.627 bits per heavy atom. The smallest absolute Gasteiger partial charge is 0.0557 e. The molecule has 270 valence electrons. The maximum Gasteiger partial charge on any atom is 0.0557 e. The Kier molecular flexibility index (Phi) is 17.0. The number of nitrogens with zero attached hydrogens (tertiary/aromatic N) is 1. The number of rotatable bonds is 6. The predicted octanol–water partition coefficient (Wildman–Crippen LogP) is 15.8. The van der Waals surface area contributed by atoms with Gasteiger partial charge < -0.3 is 4.90 Å². The first-order chi connectivity index (χ1) is 25.1. The van der Waals surface area contributed by atoms with Gasteiger partial charge >= 0.3 is 0 Å². The van der Waals surface area contributed by atoms with Crippen molar-refractivity contribution in [2.24, 2.45) is 0 Å². The molecule has 51 heavy (non-hydrogen) atoms. The van der Waals surface area contributed by atoms with Crippen LogP contribution in [0.5, 0.6) is 0 Å². The first-order valence-corrected chi connectivity index (χ1v) is 20.0. The van der Waals surface area contributed by atoms with Crippen LogP contribution >= 0.6 is 0 Å². The van der Waals surface area contributed by atoms with E-state index in [1.807, 2.05) is 55.4 Å². The van der Waals surface area contributed by atoms with E-state index >= 15 is 0 Å². The van der Waals surface area contributed by atoms with E-state index in [4.69, 9.17) is 0 Å². The second kappa shape index (κ2) is 21.1. The summed E-state index contributed by atoms with van der Waals surface area (Å²) >= 11 is 0. The molecule has 4 aromatic rings. The van der Waals surface area contributed by atoms with Crippen molar-refractivity contribution < 1.29 is 0 Å². The highest BCUT2D eigenvalue weighted by Gasteiger charge is 2.28. The van der Waals surface area contributed by atoms with Crippen LogP contribution in [0.2, 0.25) is 0 Å². The topological polar surface area (TPSA) is 3.24 Å². The Morgan fingerprint density at radius 2 is 1.22 bits per heavy atom. The van der Waals surface area contributed by atoms with E-state index in [1.54, 1.807) is 0 Å². The van der Waals surface area contributed by atoms with Gasteiger partial charge in [-0.2, -0.15) is 0 Å². The Bertz CT molecular complexity index is 1890. The molecule has 1 atom stereocenters. The molecule has 0 aliphatic heterocycles. The highest BCUT2D eigenvalue weighted by Crippen LogP contribution is 2.47. The average Bonchev–Trinajstić information content (AvgIpc) is 3.22. The first kappa shape index (κ1) is 41.1. The SMILES string of the molecule is CC.CC.CC.CC.Cc1c(-c2c(C(C)C)cccc2N(C2=CC=CCC2)C2C=CC(C3=CC=CCC3)=CC2)c2ccccc2c2ccccc12. The second-order valence-corrected chi connectivity index (χ2v) is 12.5. The van der Waals surface area contributed by atoms with Crippen LogP contribution in [-0.2, 0) is 0 Å². The minimum Gasteiger partial charge on any atom is -0.337 e. The van der Waals surface area contributed by atoms with Gasteiger partial charge in [-0.25, -0.2) is 0 Å². The third-order valence-electron chi connectivity index (χ3n) is 9.49. The van der Waals surface area contributed by atoms with Crippen molar-refractivity contribution >= 4 is 27.2 Å². The van der Waals surface area contributed by atoms with Gasteiger partial charge in [0.15, 0.2) is 0 Å². The largest absolute Gasteiger partial charge is 0.337 e. The Hall–Kier alpha value is -4.36. The van der Waals surface area contributed by atoms with Gasteiger partial charge in [-0.15, -0.1) is 0 Å². The zero-order valence-electron chi connectivity index (χ0n) is 33.7. The van der Waals surface area contributed by atoms with Crippen molar-refractivity contribution in [1.29, 1.82) is 0 Å². The van der Waals surface area contributed by atoms with Crippen molar-refractivity contribution in [3.63, 3.8) is 0 Å². The Balaban J connectivity index is 0.000000822. The molecule has 1 heteroatoms. The molecular weight excluding hydrogens is 615 g/mol. The molecule has 3 aliphatic rings. The maximum absolute atomic E-state index is 2.67. The fourth-order valence-corrected chi connectivity index (χ4v) is 7.37.